The second-order valence-electron chi connectivity index (χ2n) is 12.5. The van der Waals surface area contributed by atoms with E-state index in [9.17, 15) is 23.3 Å². The van der Waals surface area contributed by atoms with Crippen LogP contribution in [0.15, 0.2) is 0 Å². The minimum Gasteiger partial charge on any atom is -0.352 e. The molecule has 0 aromatic heterocycles. The van der Waals surface area contributed by atoms with E-state index in [0.717, 1.165) is 42.8 Å². The minimum absolute atomic E-state index is 0.0337. The lowest BCUT2D eigenvalue weighted by Gasteiger charge is -2.44. The van der Waals surface area contributed by atoms with Crippen molar-refractivity contribution in [2.24, 2.45) is 23.2 Å². The molecule has 2 heterocycles. The van der Waals surface area contributed by atoms with Crippen molar-refractivity contribution in [3.63, 3.8) is 0 Å². The fraction of sp³-hybridized carbons (Fsp3) is 0.889. The van der Waals surface area contributed by atoms with Crippen LogP contribution in [0.1, 0.15) is 90.4 Å². The Balaban J connectivity index is 1.30. The predicted octanol–water partition coefficient (Wildman–Crippen LogP) is 3.03. The minimum atomic E-state index is -3.96. The van der Waals surface area contributed by atoms with Gasteiger partial charge in [-0.05, 0) is 88.5 Å². The standard InChI is InChI=1S/C27H43N5O4S/c1-18-25-23(9-13-29-18)31-26(34)32(37(25,35)36)17-24(33)30-22-7-6-20-14-19(16-28)8-12-27(15-21(20)22)10-4-2-3-5-11-27/h18-23,25,29H,2-15,17H2,1H3,(H,30,33)(H,31,34)/t18?,19?,20?,21?,22-,23?,25?/m1/s1. The van der Waals surface area contributed by atoms with Gasteiger partial charge in [0.05, 0.1) is 12.1 Å². The molecule has 5 aliphatic rings. The summed E-state index contributed by atoms with van der Waals surface area (Å²) in [5.41, 5.74) is 0.248. The number of amides is 3. The zero-order chi connectivity index (χ0) is 26.2. The fourth-order valence-corrected chi connectivity index (χ4v) is 10.4. The number of carbonyl (C=O) groups excluding carboxylic acids is 2. The highest BCUT2D eigenvalue weighted by Gasteiger charge is 2.51. The summed E-state index contributed by atoms with van der Waals surface area (Å²) in [7, 11) is -3.96. The van der Waals surface area contributed by atoms with Gasteiger partial charge in [0.2, 0.25) is 15.9 Å². The van der Waals surface area contributed by atoms with E-state index >= 15 is 0 Å². The summed E-state index contributed by atoms with van der Waals surface area (Å²) in [6.07, 6.45) is 13.9. The van der Waals surface area contributed by atoms with E-state index in [2.05, 4.69) is 22.0 Å². The number of hydrogen-bond donors (Lipinski definition) is 3. The summed E-state index contributed by atoms with van der Waals surface area (Å²) in [5, 5.41) is 18.2. The van der Waals surface area contributed by atoms with Crippen LogP contribution in [0.25, 0.3) is 0 Å². The topological polar surface area (TPSA) is 131 Å². The molecule has 3 aliphatic carbocycles. The molecule has 5 rings (SSSR count). The molecule has 10 heteroatoms. The van der Waals surface area contributed by atoms with Gasteiger partial charge in [-0.3, -0.25) is 4.79 Å². The summed E-state index contributed by atoms with van der Waals surface area (Å²) in [5.74, 6) is 0.376. The van der Waals surface area contributed by atoms with Gasteiger partial charge in [0, 0.05) is 18.0 Å². The SMILES string of the molecule is CC1NCCC2NC(=O)N(CC(=O)N[C@@H]3CCC4CC(C#N)CCC5(CCCCCC5)CC43)S(=O)(=O)C12. The maximum absolute atomic E-state index is 13.4. The number of fused-ring (bicyclic) bond motifs is 2. The largest absolute Gasteiger partial charge is 0.352 e. The molecule has 1 spiro atoms. The first-order valence-corrected chi connectivity index (χ1v) is 16.0. The lowest BCUT2D eigenvalue weighted by Crippen LogP contribution is -2.70. The van der Waals surface area contributed by atoms with Crippen LogP contribution < -0.4 is 16.0 Å². The molecule has 206 valence electrons. The lowest BCUT2D eigenvalue weighted by molar-refractivity contribution is -0.122. The van der Waals surface area contributed by atoms with Gasteiger partial charge in [-0.2, -0.15) is 5.26 Å². The Morgan fingerprint density at radius 2 is 1.89 bits per heavy atom. The molecule has 6 unspecified atom stereocenters. The third-order valence-electron chi connectivity index (χ3n) is 10.2. The van der Waals surface area contributed by atoms with Crippen LogP contribution in [0.4, 0.5) is 4.79 Å². The van der Waals surface area contributed by atoms with Gasteiger partial charge in [-0.25, -0.2) is 17.5 Å². The molecule has 3 N–H and O–H groups in total. The number of sulfonamides is 1. The van der Waals surface area contributed by atoms with Crippen LogP contribution in [-0.4, -0.2) is 61.1 Å². The van der Waals surface area contributed by atoms with Crippen molar-refractivity contribution in [1.29, 1.82) is 5.26 Å². The first-order valence-electron chi connectivity index (χ1n) is 14.5. The molecule has 0 bridgehead atoms. The average molecular weight is 534 g/mol. The van der Waals surface area contributed by atoms with Gasteiger partial charge in [-0.15, -0.1) is 0 Å². The quantitative estimate of drug-likeness (QED) is 0.511. The molecule has 2 aliphatic heterocycles. The van der Waals surface area contributed by atoms with Crippen LogP contribution in [0.5, 0.6) is 0 Å². The molecule has 0 aromatic carbocycles. The third-order valence-corrected chi connectivity index (χ3v) is 12.6. The molecule has 3 saturated carbocycles. The van der Waals surface area contributed by atoms with E-state index in [0.29, 0.717) is 24.8 Å². The second-order valence-corrected chi connectivity index (χ2v) is 14.5. The van der Waals surface area contributed by atoms with Crippen molar-refractivity contribution in [3.05, 3.63) is 0 Å². The summed E-state index contributed by atoms with van der Waals surface area (Å²) >= 11 is 0. The Kier molecular flexibility index (Phi) is 7.75. The highest BCUT2D eigenvalue weighted by molar-refractivity contribution is 7.90. The van der Waals surface area contributed by atoms with Gasteiger partial charge in [0.25, 0.3) is 0 Å². The summed E-state index contributed by atoms with van der Waals surface area (Å²) < 4.78 is 27.5. The Morgan fingerprint density at radius 3 is 2.62 bits per heavy atom. The van der Waals surface area contributed by atoms with E-state index in [4.69, 9.17) is 0 Å². The Morgan fingerprint density at radius 1 is 1.14 bits per heavy atom. The molecule has 9 nitrogen and oxygen atoms in total. The van der Waals surface area contributed by atoms with E-state index in [1.807, 2.05) is 6.92 Å². The molecule has 0 aromatic rings. The highest BCUT2D eigenvalue weighted by Crippen LogP contribution is 2.52. The van der Waals surface area contributed by atoms with Gasteiger partial charge in [0.1, 0.15) is 11.8 Å². The summed E-state index contributed by atoms with van der Waals surface area (Å²) in [4.78, 5) is 26.0. The van der Waals surface area contributed by atoms with Crippen molar-refractivity contribution < 1.29 is 18.0 Å². The second kappa shape index (κ2) is 10.7. The first kappa shape index (κ1) is 26.7. The van der Waals surface area contributed by atoms with Crippen molar-refractivity contribution in [1.82, 2.24) is 20.3 Å². The zero-order valence-corrected chi connectivity index (χ0v) is 22.9. The fourth-order valence-electron chi connectivity index (χ4n) is 8.30. The number of nitrogens with zero attached hydrogens (tertiary/aromatic N) is 2. The number of hydrogen-bond acceptors (Lipinski definition) is 6. The van der Waals surface area contributed by atoms with Gasteiger partial charge >= 0.3 is 6.03 Å². The van der Waals surface area contributed by atoms with E-state index in [1.54, 1.807) is 0 Å². The van der Waals surface area contributed by atoms with Crippen LogP contribution in [0, 0.1) is 34.5 Å². The van der Waals surface area contributed by atoms with Gasteiger partial charge < -0.3 is 16.0 Å². The number of carbonyl (C=O) groups is 2. The van der Waals surface area contributed by atoms with Crippen molar-refractivity contribution in [2.75, 3.05) is 13.1 Å². The molecule has 5 fully saturated rings. The molecular weight excluding hydrogens is 490 g/mol. The van der Waals surface area contributed by atoms with Crippen molar-refractivity contribution in [2.45, 2.75) is 114 Å². The Hall–Kier alpha value is -1.86. The monoisotopic (exact) mass is 533 g/mol. The highest BCUT2D eigenvalue weighted by atomic mass is 32.2. The van der Waals surface area contributed by atoms with Gasteiger partial charge in [0.15, 0.2) is 0 Å². The van der Waals surface area contributed by atoms with Crippen LogP contribution in [-0.2, 0) is 14.8 Å². The lowest BCUT2D eigenvalue weighted by atomic mass is 9.64. The predicted molar refractivity (Wildman–Crippen MR) is 140 cm³/mol. The molecule has 7 atom stereocenters. The van der Waals surface area contributed by atoms with Crippen molar-refractivity contribution in [3.8, 4) is 6.07 Å². The Labute approximate surface area is 221 Å². The van der Waals surface area contributed by atoms with Crippen molar-refractivity contribution >= 4 is 22.0 Å². The average Bonchev–Trinajstić information content (AvgIpc) is 3.03. The van der Waals surface area contributed by atoms with E-state index < -0.39 is 39.8 Å². The van der Waals surface area contributed by atoms with Crippen LogP contribution in [0.2, 0.25) is 0 Å². The number of nitrogens with one attached hydrogen (secondary N) is 3. The maximum atomic E-state index is 13.4. The summed E-state index contributed by atoms with van der Waals surface area (Å²) in [6, 6.07) is 1.10. The first-order chi connectivity index (χ1) is 17.7. The van der Waals surface area contributed by atoms with E-state index in [1.165, 1.54) is 38.5 Å². The molecule has 0 radical (unpaired) electrons. The number of urea groups is 1. The van der Waals surface area contributed by atoms with Gasteiger partial charge in [-0.1, -0.05) is 25.7 Å². The number of rotatable bonds is 3. The normalized spacial score (nSPS) is 39.2. The van der Waals surface area contributed by atoms with Crippen LogP contribution in [0.3, 0.4) is 0 Å². The summed E-state index contributed by atoms with van der Waals surface area (Å²) in [6.45, 7) is 1.98. The molecule has 3 amide bonds. The molecular formula is C27H43N5O4S. The van der Waals surface area contributed by atoms with Crippen LogP contribution >= 0.6 is 0 Å². The zero-order valence-electron chi connectivity index (χ0n) is 22.1. The number of nitriles is 1. The molecule has 37 heavy (non-hydrogen) atoms. The number of piperidine rings is 1. The smallest absolute Gasteiger partial charge is 0.331 e. The maximum Gasteiger partial charge on any atom is 0.331 e. The molecule has 2 saturated heterocycles. The third kappa shape index (κ3) is 5.36. The van der Waals surface area contributed by atoms with E-state index in [-0.39, 0.29) is 23.4 Å². The Bertz CT molecular complexity index is 1020.